The molecule has 4 atom stereocenters. The minimum atomic E-state index is 0.342. The van der Waals surface area contributed by atoms with Gasteiger partial charge in [-0.25, -0.2) is 0 Å². The van der Waals surface area contributed by atoms with Gasteiger partial charge in [-0.15, -0.1) is 0 Å². The molecule has 3 saturated carbocycles. The lowest BCUT2D eigenvalue weighted by Gasteiger charge is -2.47. The van der Waals surface area contributed by atoms with E-state index in [-0.39, 0.29) is 0 Å². The predicted molar refractivity (Wildman–Crippen MR) is 66.0 cm³/mol. The van der Waals surface area contributed by atoms with Crippen molar-refractivity contribution in [1.82, 2.24) is 0 Å². The first-order valence-electron chi connectivity index (χ1n) is 6.80. The molecule has 3 aliphatic carbocycles. The second-order valence-corrected chi connectivity index (χ2v) is 7.09. The van der Waals surface area contributed by atoms with E-state index in [0.29, 0.717) is 29.3 Å². The highest BCUT2D eigenvalue weighted by molar-refractivity contribution is 5.26. The number of aliphatic hydroxyl groups excluding tert-OH is 1. The van der Waals surface area contributed by atoms with E-state index in [1.54, 1.807) is 0 Å². The minimum absolute atomic E-state index is 0.342. The maximum Gasteiger partial charge on any atom is 0.0459 e. The van der Waals surface area contributed by atoms with E-state index in [0.717, 1.165) is 5.92 Å². The van der Waals surface area contributed by atoms with E-state index >= 15 is 0 Å². The van der Waals surface area contributed by atoms with Gasteiger partial charge in [0.25, 0.3) is 0 Å². The maximum atomic E-state index is 9.42. The first kappa shape index (κ1) is 10.8. The topological polar surface area (TPSA) is 20.2 Å². The highest BCUT2D eigenvalue weighted by Gasteiger charge is 2.59. The zero-order valence-corrected chi connectivity index (χ0v) is 10.6. The molecule has 0 heterocycles. The van der Waals surface area contributed by atoms with Gasteiger partial charge in [0, 0.05) is 6.61 Å². The predicted octanol–water partition coefficient (Wildman–Crippen LogP) is 3.39. The summed E-state index contributed by atoms with van der Waals surface area (Å²) in [6, 6.07) is 0. The highest BCUT2D eigenvalue weighted by atomic mass is 16.3. The van der Waals surface area contributed by atoms with Crippen molar-refractivity contribution in [1.29, 1.82) is 0 Å². The van der Waals surface area contributed by atoms with Gasteiger partial charge in [0.05, 0.1) is 0 Å². The molecule has 3 rings (SSSR count). The lowest BCUT2D eigenvalue weighted by molar-refractivity contribution is 0.118. The van der Waals surface area contributed by atoms with E-state index in [1.165, 1.54) is 37.7 Å². The Labute approximate surface area is 98.9 Å². The largest absolute Gasteiger partial charge is 0.396 e. The third-order valence-corrected chi connectivity index (χ3v) is 6.17. The minimum Gasteiger partial charge on any atom is -0.396 e. The van der Waals surface area contributed by atoms with Crippen LogP contribution in [0.1, 0.15) is 46.0 Å². The van der Waals surface area contributed by atoms with Gasteiger partial charge in [0.15, 0.2) is 0 Å². The first-order valence-corrected chi connectivity index (χ1v) is 6.80. The Balaban J connectivity index is 1.98. The standard InChI is InChI=1S/C15H24O/c1-10-13-6-11(9-16)7-15(13)5-4-12(8-15)14(10,2)3/h11-13,16H,1,4-9H2,2-3H3/t11-,12-,13-,15-/m0/s1. The summed E-state index contributed by atoms with van der Waals surface area (Å²) in [5, 5.41) is 9.42. The van der Waals surface area contributed by atoms with Gasteiger partial charge in [-0.1, -0.05) is 26.0 Å². The SMILES string of the molecule is C=C1[C@@H]2C[C@H](CO)C[C@]23CC[C@@H](C3)C1(C)C. The quantitative estimate of drug-likeness (QED) is 0.672. The summed E-state index contributed by atoms with van der Waals surface area (Å²) in [5.41, 5.74) is 2.39. The Bertz CT molecular complexity index is 330. The molecule has 0 aromatic rings. The van der Waals surface area contributed by atoms with Crippen LogP contribution in [-0.4, -0.2) is 11.7 Å². The number of aliphatic hydroxyl groups is 1. The van der Waals surface area contributed by atoms with Crippen LogP contribution in [0.3, 0.4) is 0 Å². The number of fused-ring (bicyclic) bond motifs is 1. The molecule has 0 radical (unpaired) electrons. The van der Waals surface area contributed by atoms with Gasteiger partial charge in [-0.3, -0.25) is 0 Å². The van der Waals surface area contributed by atoms with Crippen molar-refractivity contribution in [3.05, 3.63) is 12.2 Å². The van der Waals surface area contributed by atoms with Gasteiger partial charge in [-0.2, -0.15) is 0 Å². The van der Waals surface area contributed by atoms with Crippen LogP contribution >= 0.6 is 0 Å². The molecule has 0 aromatic heterocycles. The van der Waals surface area contributed by atoms with Gasteiger partial charge in [-0.05, 0) is 60.7 Å². The van der Waals surface area contributed by atoms with Crippen LogP contribution in [0.15, 0.2) is 12.2 Å². The van der Waals surface area contributed by atoms with Crippen LogP contribution in [0.5, 0.6) is 0 Å². The molecule has 1 N–H and O–H groups in total. The molecule has 0 aliphatic heterocycles. The van der Waals surface area contributed by atoms with Crippen LogP contribution in [-0.2, 0) is 0 Å². The Morgan fingerprint density at radius 3 is 2.81 bits per heavy atom. The van der Waals surface area contributed by atoms with E-state index in [1.807, 2.05) is 0 Å². The molecule has 1 nitrogen and oxygen atoms in total. The molecule has 0 amide bonds. The van der Waals surface area contributed by atoms with Gasteiger partial charge in [0.2, 0.25) is 0 Å². The zero-order chi connectivity index (χ0) is 11.6. The van der Waals surface area contributed by atoms with Crippen LogP contribution in [0.2, 0.25) is 0 Å². The lowest BCUT2D eigenvalue weighted by atomic mass is 9.58. The van der Waals surface area contributed by atoms with Crippen molar-refractivity contribution in [3.63, 3.8) is 0 Å². The molecule has 0 unspecified atom stereocenters. The number of allylic oxidation sites excluding steroid dienone is 1. The van der Waals surface area contributed by atoms with Crippen molar-refractivity contribution in [2.45, 2.75) is 46.0 Å². The van der Waals surface area contributed by atoms with E-state index in [2.05, 4.69) is 20.4 Å². The van der Waals surface area contributed by atoms with Crippen molar-refractivity contribution in [2.75, 3.05) is 6.61 Å². The van der Waals surface area contributed by atoms with Gasteiger partial charge in [0.1, 0.15) is 0 Å². The van der Waals surface area contributed by atoms with E-state index in [4.69, 9.17) is 0 Å². The molecular weight excluding hydrogens is 196 g/mol. The Morgan fingerprint density at radius 2 is 2.12 bits per heavy atom. The molecule has 0 aromatic carbocycles. The molecule has 1 heteroatoms. The van der Waals surface area contributed by atoms with Crippen LogP contribution in [0, 0.1) is 28.6 Å². The Hall–Kier alpha value is -0.300. The van der Waals surface area contributed by atoms with E-state index < -0.39 is 0 Å². The smallest absolute Gasteiger partial charge is 0.0459 e. The molecule has 3 aliphatic rings. The first-order chi connectivity index (χ1) is 7.49. The second-order valence-electron chi connectivity index (χ2n) is 7.09. The monoisotopic (exact) mass is 220 g/mol. The third kappa shape index (κ3) is 1.16. The Kier molecular flexibility index (Phi) is 2.12. The summed E-state index contributed by atoms with van der Waals surface area (Å²) in [4.78, 5) is 0. The van der Waals surface area contributed by atoms with Crippen LogP contribution in [0.25, 0.3) is 0 Å². The molecule has 16 heavy (non-hydrogen) atoms. The average Bonchev–Trinajstić information content (AvgIpc) is 2.81. The third-order valence-electron chi connectivity index (χ3n) is 6.17. The number of hydrogen-bond donors (Lipinski definition) is 1. The zero-order valence-electron chi connectivity index (χ0n) is 10.6. The van der Waals surface area contributed by atoms with Crippen molar-refractivity contribution in [2.24, 2.45) is 28.6 Å². The molecule has 1 spiro atoms. The normalized spacial score (nSPS) is 49.4. The van der Waals surface area contributed by atoms with Crippen LogP contribution < -0.4 is 0 Å². The molecule has 0 saturated heterocycles. The van der Waals surface area contributed by atoms with Gasteiger partial charge < -0.3 is 5.11 Å². The fourth-order valence-corrected chi connectivity index (χ4v) is 5.02. The second kappa shape index (κ2) is 3.13. The summed E-state index contributed by atoms with van der Waals surface area (Å²) in [6.07, 6.45) is 6.65. The summed E-state index contributed by atoms with van der Waals surface area (Å²) in [6.45, 7) is 9.60. The fraction of sp³-hybridized carbons (Fsp3) is 0.867. The molecule has 90 valence electrons. The summed E-state index contributed by atoms with van der Waals surface area (Å²) in [7, 11) is 0. The van der Waals surface area contributed by atoms with Gasteiger partial charge >= 0.3 is 0 Å². The van der Waals surface area contributed by atoms with Crippen molar-refractivity contribution < 1.29 is 5.11 Å². The Morgan fingerprint density at radius 1 is 1.38 bits per heavy atom. The van der Waals surface area contributed by atoms with E-state index in [9.17, 15) is 5.11 Å². The summed E-state index contributed by atoms with van der Waals surface area (Å²) in [5.74, 6) is 2.11. The fourth-order valence-electron chi connectivity index (χ4n) is 5.02. The van der Waals surface area contributed by atoms with Crippen LogP contribution in [0.4, 0.5) is 0 Å². The average molecular weight is 220 g/mol. The van der Waals surface area contributed by atoms with Crippen molar-refractivity contribution >= 4 is 0 Å². The highest BCUT2D eigenvalue weighted by Crippen LogP contribution is 2.69. The number of rotatable bonds is 1. The lowest BCUT2D eigenvalue weighted by Crippen LogP contribution is -2.38. The van der Waals surface area contributed by atoms with Crippen molar-refractivity contribution in [3.8, 4) is 0 Å². The summed E-state index contributed by atoms with van der Waals surface area (Å²) < 4.78 is 0. The molecule has 2 bridgehead atoms. The number of hydrogen-bond acceptors (Lipinski definition) is 1. The summed E-state index contributed by atoms with van der Waals surface area (Å²) >= 11 is 0. The molecular formula is C15H24O. The molecule has 3 fully saturated rings. The maximum absolute atomic E-state index is 9.42.